The number of hydrogen-bond acceptors (Lipinski definition) is 4. The van der Waals surface area contributed by atoms with Gasteiger partial charge in [-0.25, -0.2) is 4.79 Å². The third-order valence-electron chi connectivity index (χ3n) is 6.86. The van der Waals surface area contributed by atoms with E-state index in [1.165, 1.54) is 11.3 Å². The molecular weight excluding hydrogens is 472 g/mol. The Morgan fingerprint density at radius 1 is 1.06 bits per heavy atom. The molecule has 192 valence electrons. The molecule has 2 unspecified atom stereocenters. The van der Waals surface area contributed by atoms with E-state index in [1.54, 1.807) is 0 Å². The minimum Gasteiger partial charge on any atom is -0.454 e. The van der Waals surface area contributed by atoms with Gasteiger partial charge in [0.1, 0.15) is 13.1 Å². The van der Waals surface area contributed by atoms with Gasteiger partial charge in [0.25, 0.3) is 0 Å². The summed E-state index contributed by atoms with van der Waals surface area (Å²) in [5, 5.41) is 3.35. The maximum atomic E-state index is 13.5. The Hall–Kier alpha value is -2.89. The summed E-state index contributed by atoms with van der Waals surface area (Å²) in [6, 6.07) is 18.8. The Kier molecular flexibility index (Phi) is 11.2. The summed E-state index contributed by atoms with van der Waals surface area (Å²) in [5.41, 5.74) is 2.56. The number of para-hydroxylation sites is 1. The van der Waals surface area contributed by atoms with E-state index in [4.69, 9.17) is 4.74 Å². The van der Waals surface area contributed by atoms with Gasteiger partial charge < -0.3 is 15.0 Å². The van der Waals surface area contributed by atoms with Crippen LogP contribution in [0.2, 0.25) is 0 Å². The minimum absolute atomic E-state index is 0.180. The zero-order chi connectivity index (χ0) is 25.8. The number of carbonyl (C=O) groups excluding carboxylic acids is 2. The Labute approximate surface area is 220 Å². The van der Waals surface area contributed by atoms with E-state index in [9.17, 15) is 9.59 Å². The highest BCUT2D eigenvalue weighted by Gasteiger charge is 2.36. The van der Waals surface area contributed by atoms with Crippen LogP contribution in [0.5, 0.6) is 0 Å². The van der Waals surface area contributed by atoms with Gasteiger partial charge >= 0.3 is 5.97 Å². The van der Waals surface area contributed by atoms with Crippen molar-refractivity contribution in [2.45, 2.75) is 44.8 Å². The molecule has 0 spiro atoms. The summed E-state index contributed by atoms with van der Waals surface area (Å²) in [5.74, 6) is 0.215. The van der Waals surface area contributed by atoms with Gasteiger partial charge in [-0.15, -0.1) is 11.6 Å². The SMILES string of the molecule is CCC1CC[NH+](CC(=O)C2=CCCC=C2)C[C@@H]1OC(=O)[C@H](Nc1ccccc1)c1ccccc1.CCl. The normalized spacial score (nSPS) is 21.9. The molecular formula is C30H38ClN2O3+. The predicted octanol–water partition coefficient (Wildman–Crippen LogP) is 4.77. The molecule has 2 aromatic rings. The van der Waals surface area contributed by atoms with Crippen molar-refractivity contribution < 1.29 is 19.2 Å². The molecule has 5 nitrogen and oxygen atoms in total. The number of esters is 1. The van der Waals surface area contributed by atoms with Crippen LogP contribution in [0.1, 0.15) is 44.2 Å². The van der Waals surface area contributed by atoms with Crippen molar-refractivity contribution in [1.29, 1.82) is 0 Å². The molecule has 0 aromatic heterocycles. The van der Waals surface area contributed by atoms with Crippen LogP contribution in [-0.4, -0.2) is 43.9 Å². The average molecular weight is 510 g/mol. The molecule has 1 saturated heterocycles. The van der Waals surface area contributed by atoms with Crippen molar-refractivity contribution in [3.8, 4) is 0 Å². The molecule has 6 heteroatoms. The molecule has 0 bridgehead atoms. The second-order valence-electron chi connectivity index (χ2n) is 9.23. The average Bonchev–Trinajstić information content (AvgIpc) is 2.94. The van der Waals surface area contributed by atoms with Crippen LogP contribution in [0.15, 0.2) is 84.5 Å². The molecule has 1 fully saturated rings. The molecule has 2 aromatic carbocycles. The number of piperidine rings is 1. The third-order valence-corrected chi connectivity index (χ3v) is 6.86. The molecule has 0 amide bonds. The lowest BCUT2D eigenvalue weighted by Crippen LogP contribution is -3.15. The van der Waals surface area contributed by atoms with E-state index >= 15 is 0 Å². The number of alkyl halides is 1. The van der Waals surface area contributed by atoms with Crippen molar-refractivity contribution in [2.75, 3.05) is 31.3 Å². The first-order chi connectivity index (χ1) is 17.6. The molecule has 36 heavy (non-hydrogen) atoms. The molecule has 1 heterocycles. The highest BCUT2D eigenvalue weighted by Crippen LogP contribution is 2.24. The number of ketones is 1. The second kappa shape index (κ2) is 14.6. The number of quaternary nitrogens is 1. The van der Waals surface area contributed by atoms with Gasteiger partial charge in [-0.1, -0.05) is 73.7 Å². The van der Waals surface area contributed by atoms with E-state index < -0.39 is 6.04 Å². The van der Waals surface area contributed by atoms with Crippen LogP contribution in [0, 0.1) is 5.92 Å². The van der Waals surface area contributed by atoms with Crippen molar-refractivity contribution >= 4 is 29.0 Å². The van der Waals surface area contributed by atoms with Crippen LogP contribution >= 0.6 is 11.6 Å². The molecule has 2 aliphatic rings. The van der Waals surface area contributed by atoms with Crippen molar-refractivity contribution in [3.05, 3.63) is 90.0 Å². The maximum Gasteiger partial charge on any atom is 0.333 e. The molecule has 1 aliphatic carbocycles. The van der Waals surface area contributed by atoms with Crippen LogP contribution in [0.3, 0.4) is 0 Å². The maximum absolute atomic E-state index is 13.5. The molecule has 4 atom stereocenters. The largest absolute Gasteiger partial charge is 0.454 e. The smallest absolute Gasteiger partial charge is 0.333 e. The van der Waals surface area contributed by atoms with Crippen molar-refractivity contribution in [1.82, 2.24) is 0 Å². The molecule has 1 aliphatic heterocycles. The van der Waals surface area contributed by atoms with Crippen LogP contribution in [0.4, 0.5) is 5.69 Å². The number of ether oxygens (including phenoxy) is 1. The Morgan fingerprint density at radius 3 is 2.39 bits per heavy atom. The van der Waals surface area contributed by atoms with Crippen LogP contribution in [-0.2, 0) is 14.3 Å². The third kappa shape index (κ3) is 7.81. The number of rotatable bonds is 9. The number of hydrogen-bond donors (Lipinski definition) is 2. The fourth-order valence-electron chi connectivity index (χ4n) is 4.89. The number of carbonyl (C=O) groups is 2. The van der Waals surface area contributed by atoms with Crippen molar-refractivity contribution in [3.63, 3.8) is 0 Å². The number of likely N-dealkylation sites (tertiary alicyclic amines) is 1. The summed E-state index contributed by atoms with van der Waals surface area (Å²) in [4.78, 5) is 27.5. The van der Waals surface area contributed by atoms with E-state index in [-0.39, 0.29) is 17.9 Å². The van der Waals surface area contributed by atoms with E-state index in [2.05, 4.69) is 29.9 Å². The standard InChI is InChI=1S/C29H34N2O3.CH3Cl/c1-2-22-18-19-31(20-26(32)23-12-6-3-7-13-23)21-27(22)34-29(33)28(24-14-8-4-9-15-24)30-25-16-10-5-11-17-25;1-2/h4-6,8-17,22,27-28,30H,2-3,7,18-21H2,1H3;1H3/p+1/t22?,27-,28+;/m0./s1. The number of allylic oxidation sites excluding steroid dienone is 3. The number of nitrogens with one attached hydrogen (secondary N) is 2. The molecule has 0 radical (unpaired) electrons. The first-order valence-electron chi connectivity index (χ1n) is 12.8. The molecule has 4 rings (SSSR count). The number of benzene rings is 2. The van der Waals surface area contributed by atoms with Crippen molar-refractivity contribution in [2.24, 2.45) is 5.92 Å². The summed E-state index contributed by atoms with van der Waals surface area (Å²) >= 11 is 4.64. The van der Waals surface area contributed by atoms with Gasteiger partial charge in [-0.05, 0) is 37.0 Å². The lowest BCUT2D eigenvalue weighted by molar-refractivity contribution is -0.901. The highest BCUT2D eigenvalue weighted by atomic mass is 35.5. The van der Waals surface area contributed by atoms with Gasteiger partial charge in [-0.3, -0.25) is 4.79 Å². The van der Waals surface area contributed by atoms with Crippen LogP contribution < -0.4 is 10.2 Å². The van der Waals surface area contributed by atoms with Gasteiger partial charge in [0.2, 0.25) is 5.78 Å². The summed E-state index contributed by atoms with van der Waals surface area (Å²) in [6.45, 7) is 4.20. The number of halogens is 1. The fourth-order valence-corrected chi connectivity index (χ4v) is 4.89. The first-order valence-corrected chi connectivity index (χ1v) is 13.6. The monoisotopic (exact) mass is 509 g/mol. The van der Waals surface area contributed by atoms with E-state index in [0.717, 1.165) is 49.1 Å². The number of Topliss-reactive ketones (excluding diaryl/α,β-unsaturated/α-hetero) is 1. The zero-order valence-electron chi connectivity index (χ0n) is 21.3. The summed E-state index contributed by atoms with van der Waals surface area (Å²) in [6.07, 6.45) is 11.2. The first kappa shape index (κ1) is 27.7. The molecule has 0 saturated carbocycles. The van der Waals surface area contributed by atoms with Gasteiger partial charge in [-0.2, -0.15) is 0 Å². The number of anilines is 1. The van der Waals surface area contributed by atoms with Gasteiger partial charge in [0, 0.05) is 30.0 Å². The summed E-state index contributed by atoms with van der Waals surface area (Å²) in [7, 11) is 0. The minimum atomic E-state index is -0.592. The van der Waals surface area contributed by atoms with Gasteiger partial charge in [0.05, 0.1) is 6.54 Å². The topological polar surface area (TPSA) is 59.8 Å². The highest BCUT2D eigenvalue weighted by molar-refractivity contribution is 6.15. The Morgan fingerprint density at radius 2 is 1.75 bits per heavy atom. The quantitative estimate of drug-likeness (QED) is 0.378. The van der Waals surface area contributed by atoms with Crippen LogP contribution in [0.25, 0.3) is 0 Å². The second-order valence-corrected chi connectivity index (χ2v) is 9.23. The fraction of sp³-hybridized carbons (Fsp3) is 0.400. The lowest BCUT2D eigenvalue weighted by atomic mass is 9.90. The Balaban J connectivity index is 0.00000176. The van der Waals surface area contributed by atoms with Gasteiger partial charge in [0.15, 0.2) is 12.1 Å². The van der Waals surface area contributed by atoms with E-state index in [1.807, 2.05) is 72.8 Å². The lowest BCUT2D eigenvalue weighted by Gasteiger charge is -2.35. The Bertz CT molecular complexity index is 1020. The predicted molar refractivity (Wildman–Crippen MR) is 146 cm³/mol. The summed E-state index contributed by atoms with van der Waals surface area (Å²) < 4.78 is 6.18. The van der Waals surface area contributed by atoms with E-state index in [0.29, 0.717) is 19.0 Å². The molecule has 2 N–H and O–H groups in total. The zero-order valence-corrected chi connectivity index (χ0v) is 22.0.